The molecule has 0 atom stereocenters. The van der Waals surface area contributed by atoms with Crippen molar-refractivity contribution in [2.75, 3.05) is 44.2 Å². The lowest BCUT2D eigenvalue weighted by atomic mass is 10.2. The maximum Gasteiger partial charge on any atom is 0.0427 e. The molecule has 1 aliphatic rings. The Morgan fingerprint density at radius 2 is 2.11 bits per heavy atom. The molecule has 0 amide bonds. The summed E-state index contributed by atoms with van der Waals surface area (Å²) in [6, 6.07) is 2.14. The van der Waals surface area contributed by atoms with E-state index in [9.17, 15) is 0 Å². The van der Waals surface area contributed by atoms with E-state index in [1.165, 1.54) is 37.2 Å². The van der Waals surface area contributed by atoms with Gasteiger partial charge in [-0.25, -0.2) is 0 Å². The Balaban J connectivity index is 1.88. The van der Waals surface area contributed by atoms with Crippen molar-refractivity contribution in [2.45, 2.75) is 26.2 Å². The Morgan fingerprint density at radius 1 is 1.21 bits per heavy atom. The molecule has 0 aromatic carbocycles. The predicted octanol–water partition coefficient (Wildman–Crippen LogP) is 1.64. The number of rotatable bonds is 5. The zero-order valence-corrected chi connectivity index (χ0v) is 12.0. The van der Waals surface area contributed by atoms with Crippen molar-refractivity contribution in [3.05, 3.63) is 24.0 Å². The average Bonchev–Trinajstić information content (AvgIpc) is 2.65. The molecule has 1 fully saturated rings. The van der Waals surface area contributed by atoms with Crippen LogP contribution in [0.5, 0.6) is 0 Å². The molecule has 0 spiro atoms. The number of hydrogen-bond donors (Lipinski definition) is 1. The van der Waals surface area contributed by atoms with Crippen molar-refractivity contribution in [3.63, 3.8) is 0 Å². The lowest BCUT2D eigenvalue weighted by Gasteiger charge is -2.25. The number of aromatic nitrogens is 1. The first-order chi connectivity index (χ1) is 9.31. The molecule has 2 N–H and O–H groups in total. The third-order valence-electron chi connectivity index (χ3n) is 3.85. The smallest absolute Gasteiger partial charge is 0.0427 e. The second-order valence-electron chi connectivity index (χ2n) is 5.34. The van der Waals surface area contributed by atoms with Crippen molar-refractivity contribution in [2.24, 2.45) is 5.73 Å². The molecule has 2 rings (SSSR count). The van der Waals surface area contributed by atoms with E-state index in [-0.39, 0.29) is 0 Å². The number of hydrogen-bond acceptors (Lipinski definition) is 4. The molecule has 4 heteroatoms. The fraction of sp³-hybridized carbons (Fsp3) is 0.667. The van der Waals surface area contributed by atoms with E-state index in [0.717, 1.165) is 32.6 Å². The molecule has 0 radical (unpaired) electrons. The number of unbranched alkanes of at least 4 members (excludes halogenated alkanes) is 1. The Labute approximate surface area is 116 Å². The monoisotopic (exact) mass is 262 g/mol. The first-order valence-corrected chi connectivity index (χ1v) is 7.39. The van der Waals surface area contributed by atoms with E-state index in [1.807, 2.05) is 12.4 Å². The Morgan fingerprint density at radius 3 is 2.89 bits per heavy atom. The molecule has 0 bridgehead atoms. The molecule has 2 heterocycles. The summed E-state index contributed by atoms with van der Waals surface area (Å²) in [6.07, 6.45) is 7.46. The highest BCUT2D eigenvalue weighted by molar-refractivity contribution is 5.51. The summed E-state index contributed by atoms with van der Waals surface area (Å²) in [5, 5.41) is 0. The molecule has 19 heavy (non-hydrogen) atoms. The van der Waals surface area contributed by atoms with Crippen LogP contribution in [-0.2, 0) is 0 Å². The highest BCUT2D eigenvalue weighted by Gasteiger charge is 2.15. The van der Waals surface area contributed by atoms with Crippen molar-refractivity contribution in [1.29, 1.82) is 0 Å². The first-order valence-electron chi connectivity index (χ1n) is 7.39. The predicted molar refractivity (Wildman–Crippen MR) is 80.5 cm³/mol. The summed E-state index contributed by atoms with van der Waals surface area (Å²) in [6.45, 7) is 8.80. The molecule has 106 valence electrons. The summed E-state index contributed by atoms with van der Waals surface area (Å²) >= 11 is 0. The summed E-state index contributed by atoms with van der Waals surface area (Å²) in [7, 11) is 0. The second-order valence-corrected chi connectivity index (χ2v) is 5.34. The molecule has 0 aliphatic carbocycles. The molecule has 1 aromatic heterocycles. The highest BCUT2D eigenvalue weighted by atomic mass is 15.2. The van der Waals surface area contributed by atoms with Crippen LogP contribution in [0.3, 0.4) is 0 Å². The van der Waals surface area contributed by atoms with Crippen LogP contribution in [-0.4, -0.2) is 49.2 Å². The lowest BCUT2D eigenvalue weighted by Crippen LogP contribution is -2.31. The Hall–Kier alpha value is -1.13. The van der Waals surface area contributed by atoms with E-state index in [0.29, 0.717) is 0 Å². The third kappa shape index (κ3) is 4.18. The molecule has 4 nitrogen and oxygen atoms in total. The van der Waals surface area contributed by atoms with Gasteiger partial charge in [-0.15, -0.1) is 0 Å². The van der Waals surface area contributed by atoms with Gasteiger partial charge in [0.1, 0.15) is 0 Å². The van der Waals surface area contributed by atoms with Crippen LogP contribution in [0.15, 0.2) is 18.5 Å². The van der Waals surface area contributed by atoms with Gasteiger partial charge in [-0.05, 0) is 57.5 Å². The Bertz CT molecular complexity index is 380. The third-order valence-corrected chi connectivity index (χ3v) is 3.85. The van der Waals surface area contributed by atoms with Crippen LogP contribution in [0.4, 0.5) is 5.69 Å². The minimum Gasteiger partial charge on any atom is -0.370 e. The summed E-state index contributed by atoms with van der Waals surface area (Å²) in [4.78, 5) is 9.25. The fourth-order valence-corrected chi connectivity index (χ4v) is 2.74. The number of aryl methyl sites for hydroxylation is 1. The van der Waals surface area contributed by atoms with Gasteiger partial charge in [-0.3, -0.25) is 4.98 Å². The standard InChI is InChI=1S/C15H26N4/c1-14-13-17-7-5-15(14)19-10-4-9-18(11-12-19)8-3-2-6-16/h5,7,13H,2-4,6,8-12,16H2,1H3. The molecular weight excluding hydrogens is 236 g/mol. The summed E-state index contributed by atoms with van der Waals surface area (Å²) in [5.74, 6) is 0. The van der Waals surface area contributed by atoms with Crippen molar-refractivity contribution < 1.29 is 0 Å². The van der Waals surface area contributed by atoms with Crippen LogP contribution in [0, 0.1) is 6.92 Å². The van der Waals surface area contributed by atoms with Crippen LogP contribution in [0.1, 0.15) is 24.8 Å². The zero-order valence-electron chi connectivity index (χ0n) is 12.0. The topological polar surface area (TPSA) is 45.4 Å². The van der Waals surface area contributed by atoms with Crippen LogP contribution >= 0.6 is 0 Å². The second kappa shape index (κ2) is 7.46. The lowest BCUT2D eigenvalue weighted by molar-refractivity contribution is 0.288. The molecule has 1 aromatic rings. The van der Waals surface area contributed by atoms with Gasteiger partial charge < -0.3 is 15.5 Å². The summed E-state index contributed by atoms with van der Waals surface area (Å²) < 4.78 is 0. The van der Waals surface area contributed by atoms with E-state index in [1.54, 1.807) is 0 Å². The minimum absolute atomic E-state index is 0.816. The van der Waals surface area contributed by atoms with E-state index in [2.05, 4.69) is 27.8 Å². The highest BCUT2D eigenvalue weighted by Crippen LogP contribution is 2.19. The first kappa shape index (κ1) is 14.3. The zero-order chi connectivity index (χ0) is 13.5. The van der Waals surface area contributed by atoms with Crippen molar-refractivity contribution in [1.82, 2.24) is 9.88 Å². The van der Waals surface area contributed by atoms with Crippen LogP contribution < -0.4 is 10.6 Å². The molecule has 0 saturated carbocycles. The van der Waals surface area contributed by atoms with Gasteiger partial charge in [0.25, 0.3) is 0 Å². The minimum atomic E-state index is 0.816. The van der Waals surface area contributed by atoms with Gasteiger partial charge in [0.05, 0.1) is 0 Å². The average molecular weight is 262 g/mol. The van der Waals surface area contributed by atoms with E-state index >= 15 is 0 Å². The number of pyridine rings is 1. The number of anilines is 1. The Kier molecular flexibility index (Phi) is 5.61. The van der Waals surface area contributed by atoms with Crippen molar-refractivity contribution >= 4 is 5.69 Å². The SMILES string of the molecule is Cc1cnccc1N1CCCN(CCCCN)CC1. The molecule has 1 aliphatic heterocycles. The van der Waals surface area contributed by atoms with Gasteiger partial charge in [-0.1, -0.05) is 0 Å². The van der Waals surface area contributed by atoms with E-state index in [4.69, 9.17) is 5.73 Å². The normalized spacial score (nSPS) is 17.5. The molecule has 0 unspecified atom stereocenters. The van der Waals surface area contributed by atoms with E-state index < -0.39 is 0 Å². The van der Waals surface area contributed by atoms with Gasteiger partial charge in [0.2, 0.25) is 0 Å². The van der Waals surface area contributed by atoms with Gasteiger partial charge >= 0.3 is 0 Å². The largest absolute Gasteiger partial charge is 0.370 e. The maximum absolute atomic E-state index is 5.56. The fourth-order valence-electron chi connectivity index (χ4n) is 2.74. The number of nitrogens with zero attached hydrogens (tertiary/aromatic N) is 3. The van der Waals surface area contributed by atoms with Crippen LogP contribution in [0.25, 0.3) is 0 Å². The quantitative estimate of drug-likeness (QED) is 0.820. The molecular formula is C15H26N4. The summed E-state index contributed by atoms with van der Waals surface area (Å²) in [5.41, 5.74) is 8.18. The van der Waals surface area contributed by atoms with Crippen LogP contribution in [0.2, 0.25) is 0 Å². The number of nitrogens with two attached hydrogens (primary N) is 1. The molecule has 1 saturated heterocycles. The maximum atomic E-state index is 5.56. The van der Waals surface area contributed by atoms with Crippen molar-refractivity contribution in [3.8, 4) is 0 Å². The van der Waals surface area contributed by atoms with Gasteiger partial charge in [-0.2, -0.15) is 0 Å². The van der Waals surface area contributed by atoms with Gasteiger partial charge in [0, 0.05) is 37.7 Å². The van der Waals surface area contributed by atoms with Gasteiger partial charge in [0.15, 0.2) is 0 Å².